The van der Waals surface area contributed by atoms with E-state index in [1.165, 1.54) is 33.4 Å². The molecule has 0 unspecified atom stereocenters. The normalized spacial score (nSPS) is 19.2. The summed E-state index contributed by atoms with van der Waals surface area (Å²) in [5.74, 6) is 4.64. The van der Waals surface area contributed by atoms with Gasteiger partial charge >= 0.3 is 5.09 Å². The molecular weight excluding hydrogens is 775 g/mol. The van der Waals surface area contributed by atoms with Gasteiger partial charge in [-0.2, -0.15) is 9.68 Å². The SMILES string of the molecule is C=C(C)[C@H]1CCC(C)=C[C@@H]1c1c(OC)cc(C(C)(C)CCCCCCO[N+](=O)OCCCCCCC(C)(C)c2cc(OC)c([C@H]3C=C(C)CC[C@@H]3C(=C)C)c(OC)c2)cc1OC. The Labute approximate surface area is 376 Å². The summed E-state index contributed by atoms with van der Waals surface area (Å²) in [6, 6.07) is 8.87. The van der Waals surface area contributed by atoms with Gasteiger partial charge in [0.1, 0.15) is 27.9 Å². The molecule has 2 aromatic carbocycles. The van der Waals surface area contributed by atoms with Crippen LogP contribution in [0.4, 0.5) is 0 Å². The lowest BCUT2D eigenvalue weighted by atomic mass is 9.72. The molecule has 4 rings (SSSR count). The number of methoxy groups -OCH3 is 4. The van der Waals surface area contributed by atoms with Crippen LogP contribution in [0.5, 0.6) is 23.0 Å². The van der Waals surface area contributed by atoms with Crippen molar-refractivity contribution in [2.75, 3.05) is 41.7 Å². The van der Waals surface area contributed by atoms with Gasteiger partial charge in [-0.3, -0.25) is 0 Å². The van der Waals surface area contributed by atoms with Gasteiger partial charge in [0, 0.05) is 23.0 Å². The second kappa shape index (κ2) is 23.5. The summed E-state index contributed by atoms with van der Waals surface area (Å²) in [6.45, 7) is 27.2. The monoisotopic (exact) mass is 857 g/mol. The smallest absolute Gasteiger partial charge is 0.477 e. The number of allylic oxidation sites excluding steroid dienone is 6. The summed E-state index contributed by atoms with van der Waals surface area (Å²) in [7, 11) is 7.04. The van der Waals surface area contributed by atoms with Crippen molar-refractivity contribution in [3.63, 3.8) is 0 Å². The Morgan fingerprint density at radius 3 is 1.21 bits per heavy atom. The molecule has 2 aromatic rings. The van der Waals surface area contributed by atoms with Gasteiger partial charge in [-0.05, 0) is 150 Å². The standard InChI is InChI=1S/C54H82NO7/c1-37(2)43-25-23-39(5)31-45(43)51-47(57-11)33-41(34-48(51)58-12)53(7,8)27-19-15-17-21-29-61-55(56)62-30-22-18-16-20-28-54(9,10)42-35-49(59-13)52(50(36-42)60-14)46-32-40(6)24-26-44(46)38(3)4/h31-36,43-46H,1,3,15-30H2,2,4-14H3/q+1/t43-,44-,45+,46+/m1/s1. The summed E-state index contributed by atoms with van der Waals surface area (Å²) in [4.78, 5) is 22.8. The van der Waals surface area contributed by atoms with Gasteiger partial charge < -0.3 is 18.9 Å². The maximum Gasteiger partial charge on any atom is 0.477 e. The van der Waals surface area contributed by atoms with E-state index in [1.54, 1.807) is 28.4 Å². The average Bonchev–Trinajstić information content (AvgIpc) is 3.24. The number of rotatable bonds is 26. The van der Waals surface area contributed by atoms with Crippen LogP contribution < -0.4 is 18.9 Å². The highest BCUT2D eigenvalue weighted by molar-refractivity contribution is 5.56. The number of unbranched alkanes of at least 4 members (excludes halogenated alkanes) is 6. The van der Waals surface area contributed by atoms with E-state index in [0.29, 0.717) is 30.1 Å². The van der Waals surface area contributed by atoms with Crippen LogP contribution in [0.15, 0.2) is 71.9 Å². The van der Waals surface area contributed by atoms with Crippen molar-refractivity contribution >= 4 is 0 Å². The zero-order valence-corrected chi connectivity index (χ0v) is 40.8. The molecule has 0 aliphatic heterocycles. The molecule has 0 bridgehead atoms. The number of hydrogen-bond acceptors (Lipinski definition) is 7. The summed E-state index contributed by atoms with van der Waals surface area (Å²) < 4.78 is 24.1. The molecular formula is C54H82NO7+. The van der Waals surface area contributed by atoms with E-state index in [0.717, 1.165) is 124 Å². The molecule has 0 amide bonds. The molecule has 0 saturated heterocycles. The Kier molecular flexibility index (Phi) is 19.1. The van der Waals surface area contributed by atoms with Gasteiger partial charge in [-0.25, -0.2) is 0 Å². The first-order valence-electron chi connectivity index (χ1n) is 23.4. The number of ether oxygens (including phenoxy) is 4. The van der Waals surface area contributed by atoms with Crippen LogP contribution in [-0.2, 0) is 20.5 Å². The molecule has 0 radical (unpaired) electrons. The number of hydrogen-bond donors (Lipinski definition) is 0. The van der Waals surface area contributed by atoms with E-state index in [1.807, 2.05) is 0 Å². The number of nitrogens with zero attached hydrogens (tertiary/aromatic N) is 1. The Morgan fingerprint density at radius 1 is 0.581 bits per heavy atom. The summed E-state index contributed by atoms with van der Waals surface area (Å²) >= 11 is 0. The third kappa shape index (κ3) is 13.4. The topological polar surface area (TPSA) is 75.5 Å². The van der Waals surface area contributed by atoms with Crippen LogP contribution >= 0.6 is 0 Å². The molecule has 0 fully saturated rings. The molecule has 0 aromatic heterocycles. The summed E-state index contributed by atoms with van der Waals surface area (Å²) in [5, 5.41) is 0.299. The van der Waals surface area contributed by atoms with Crippen molar-refractivity contribution in [1.82, 2.24) is 0 Å². The first kappa shape index (κ1) is 50.4. The lowest BCUT2D eigenvalue weighted by Gasteiger charge is -2.34. The first-order valence-corrected chi connectivity index (χ1v) is 23.4. The van der Waals surface area contributed by atoms with Crippen LogP contribution in [0.2, 0.25) is 0 Å². The fourth-order valence-corrected chi connectivity index (χ4v) is 9.78. The highest BCUT2D eigenvalue weighted by atomic mass is 17.0. The fraction of sp³-hybridized carbons (Fsp3) is 0.630. The number of benzene rings is 2. The van der Waals surface area contributed by atoms with Crippen molar-refractivity contribution in [3.05, 3.63) is 99.0 Å². The minimum absolute atomic E-state index is 0.0623. The van der Waals surface area contributed by atoms with Crippen LogP contribution in [0.1, 0.15) is 179 Å². The van der Waals surface area contributed by atoms with Crippen LogP contribution in [0.3, 0.4) is 0 Å². The van der Waals surface area contributed by atoms with Crippen molar-refractivity contribution in [3.8, 4) is 23.0 Å². The third-order valence-corrected chi connectivity index (χ3v) is 13.9. The molecule has 2 aliphatic rings. The van der Waals surface area contributed by atoms with Gasteiger partial charge in [-0.15, -0.1) is 0 Å². The van der Waals surface area contributed by atoms with Crippen molar-refractivity contribution < 1.29 is 33.7 Å². The second-order valence-electron chi connectivity index (χ2n) is 19.6. The largest absolute Gasteiger partial charge is 0.496 e. The van der Waals surface area contributed by atoms with Crippen molar-refractivity contribution in [2.45, 2.75) is 168 Å². The molecule has 344 valence electrons. The fourth-order valence-electron chi connectivity index (χ4n) is 9.78. The highest BCUT2D eigenvalue weighted by Gasteiger charge is 2.34. The molecule has 2 aliphatic carbocycles. The zero-order chi connectivity index (χ0) is 45.6. The van der Waals surface area contributed by atoms with E-state index in [4.69, 9.17) is 28.6 Å². The van der Waals surface area contributed by atoms with E-state index < -0.39 is 0 Å². The van der Waals surface area contributed by atoms with E-state index in [9.17, 15) is 4.91 Å². The Balaban J connectivity index is 1.14. The third-order valence-electron chi connectivity index (χ3n) is 13.9. The molecule has 8 heteroatoms. The first-order chi connectivity index (χ1) is 29.5. The quantitative estimate of drug-likeness (QED) is 0.0530. The van der Waals surface area contributed by atoms with Gasteiger partial charge in [0.2, 0.25) is 0 Å². The maximum atomic E-state index is 12.2. The lowest BCUT2D eigenvalue weighted by molar-refractivity contribution is -0.981. The summed E-state index contributed by atoms with van der Waals surface area (Å²) in [5.41, 5.74) is 9.76. The predicted octanol–water partition coefficient (Wildman–Crippen LogP) is 14.6. The Morgan fingerprint density at radius 2 is 0.903 bits per heavy atom. The Hall–Kier alpha value is -4.20. The Bertz CT molecular complexity index is 1700. The molecule has 0 N–H and O–H groups in total. The van der Waals surface area contributed by atoms with Crippen LogP contribution in [0, 0.1) is 16.7 Å². The predicted molar refractivity (Wildman–Crippen MR) is 255 cm³/mol. The van der Waals surface area contributed by atoms with E-state index in [2.05, 4.69) is 105 Å². The van der Waals surface area contributed by atoms with Gasteiger partial charge in [-0.1, -0.05) is 101 Å². The van der Waals surface area contributed by atoms with Gasteiger partial charge in [0.15, 0.2) is 13.2 Å². The minimum atomic E-state index is -0.0623. The minimum Gasteiger partial charge on any atom is -0.496 e. The summed E-state index contributed by atoms with van der Waals surface area (Å²) in [6.07, 6.45) is 19.0. The molecule has 0 heterocycles. The molecule has 8 nitrogen and oxygen atoms in total. The van der Waals surface area contributed by atoms with Gasteiger partial charge in [0.25, 0.3) is 0 Å². The van der Waals surface area contributed by atoms with E-state index in [-0.39, 0.29) is 22.7 Å². The van der Waals surface area contributed by atoms with Crippen LogP contribution in [-0.4, -0.2) is 46.7 Å². The molecule has 4 atom stereocenters. The molecule has 62 heavy (non-hydrogen) atoms. The average molecular weight is 857 g/mol. The molecule has 0 spiro atoms. The van der Waals surface area contributed by atoms with Gasteiger partial charge in [0.05, 0.1) is 28.4 Å². The second-order valence-corrected chi connectivity index (χ2v) is 19.6. The van der Waals surface area contributed by atoms with Crippen molar-refractivity contribution in [2.24, 2.45) is 11.8 Å². The zero-order valence-electron chi connectivity index (χ0n) is 40.8. The maximum absolute atomic E-state index is 12.2. The van der Waals surface area contributed by atoms with Crippen LogP contribution in [0.25, 0.3) is 0 Å². The molecule has 0 saturated carbocycles. The lowest BCUT2D eigenvalue weighted by Crippen LogP contribution is -2.21. The van der Waals surface area contributed by atoms with Crippen molar-refractivity contribution in [1.29, 1.82) is 0 Å². The van der Waals surface area contributed by atoms with E-state index >= 15 is 0 Å². The highest BCUT2D eigenvalue weighted by Crippen LogP contribution is 2.50.